The quantitative estimate of drug-likeness (QED) is 0.494. The number of amides is 1. The Morgan fingerprint density at radius 2 is 2.14 bits per heavy atom. The van der Waals surface area contributed by atoms with Gasteiger partial charge in [-0.05, 0) is 50.1 Å². The van der Waals surface area contributed by atoms with E-state index in [1.54, 1.807) is 18.2 Å². The summed E-state index contributed by atoms with van der Waals surface area (Å²) in [5.74, 6) is 0.391. The Bertz CT molecular complexity index is 900. The van der Waals surface area contributed by atoms with E-state index in [0.29, 0.717) is 29.8 Å². The van der Waals surface area contributed by atoms with Gasteiger partial charge in [-0.15, -0.1) is 0 Å². The lowest BCUT2D eigenvalue weighted by Crippen LogP contribution is -2.23. The van der Waals surface area contributed by atoms with Gasteiger partial charge in [-0.2, -0.15) is 0 Å². The van der Waals surface area contributed by atoms with E-state index in [4.69, 9.17) is 21.1 Å². The van der Waals surface area contributed by atoms with Gasteiger partial charge in [-0.1, -0.05) is 11.6 Å². The highest BCUT2D eigenvalue weighted by Gasteiger charge is 2.21. The highest BCUT2D eigenvalue weighted by Crippen LogP contribution is 2.31. The zero-order valence-corrected chi connectivity index (χ0v) is 16.7. The Morgan fingerprint density at radius 1 is 1.31 bits per heavy atom. The minimum atomic E-state index is -0.637. The third-order valence-electron chi connectivity index (χ3n) is 4.71. The highest BCUT2D eigenvalue weighted by atomic mass is 35.5. The summed E-state index contributed by atoms with van der Waals surface area (Å²) in [4.78, 5) is 23.1. The lowest BCUT2D eigenvalue weighted by atomic mass is 10.1. The first-order chi connectivity index (χ1) is 14.0. The van der Waals surface area contributed by atoms with Crippen LogP contribution in [0.3, 0.4) is 0 Å². The largest absolute Gasteiger partial charge is 0.493 e. The minimum Gasteiger partial charge on any atom is -0.493 e. The summed E-state index contributed by atoms with van der Waals surface area (Å²) in [6, 6.07) is 9.27. The van der Waals surface area contributed by atoms with E-state index in [9.17, 15) is 14.9 Å². The molecular weight excluding hydrogens is 398 g/mol. The van der Waals surface area contributed by atoms with Crippen molar-refractivity contribution in [3.63, 3.8) is 0 Å². The molecule has 0 radical (unpaired) electrons. The van der Waals surface area contributed by atoms with Crippen LogP contribution in [-0.2, 0) is 0 Å². The van der Waals surface area contributed by atoms with Crippen LogP contribution in [0.15, 0.2) is 36.4 Å². The first kappa shape index (κ1) is 20.9. The molecule has 0 aromatic heterocycles. The van der Waals surface area contributed by atoms with Crippen LogP contribution in [0.5, 0.6) is 11.5 Å². The molecule has 2 aromatic rings. The smallest absolute Gasteiger partial charge is 0.282 e. The average molecular weight is 420 g/mol. The van der Waals surface area contributed by atoms with E-state index in [2.05, 4.69) is 10.6 Å². The van der Waals surface area contributed by atoms with Gasteiger partial charge in [-0.25, -0.2) is 0 Å². The second-order valence-electron chi connectivity index (χ2n) is 6.67. The molecular formula is C20H22ClN3O5. The molecule has 0 aliphatic carbocycles. The maximum atomic E-state index is 12.5. The molecule has 3 rings (SSSR count). The van der Waals surface area contributed by atoms with Crippen molar-refractivity contribution in [2.45, 2.75) is 25.3 Å². The van der Waals surface area contributed by atoms with Gasteiger partial charge < -0.3 is 20.1 Å². The molecule has 0 bridgehead atoms. The number of methoxy groups -OCH3 is 1. The predicted octanol–water partition coefficient (Wildman–Crippen LogP) is 4.03. The third-order valence-corrected chi connectivity index (χ3v) is 4.94. The number of anilines is 1. The zero-order chi connectivity index (χ0) is 20.8. The molecule has 0 saturated carbocycles. The predicted molar refractivity (Wildman–Crippen MR) is 110 cm³/mol. The molecule has 9 heteroatoms. The molecule has 154 valence electrons. The first-order valence-electron chi connectivity index (χ1n) is 9.27. The van der Waals surface area contributed by atoms with E-state index in [1.807, 2.05) is 0 Å². The number of carbonyl (C=O) groups excluding carboxylic acids is 1. The van der Waals surface area contributed by atoms with Crippen molar-refractivity contribution in [2.75, 3.05) is 25.6 Å². The van der Waals surface area contributed by atoms with Gasteiger partial charge in [0.15, 0.2) is 11.5 Å². The van der Waals surface area contributed by atoms with Gasteiger partial charge in [0.25, 0.3) is 11.6 Å². The number of benzene rings is 2. The van der Waals surface area contributed by atoms with Gasteiger partial charge in [0.2, 0.25) is 0 Å². The number of nitrogens with zero attached hydrogens (tertiary/aromatic N) is 1. The Labute approximate surface area is 173 Å². The van der Waals surface area contributed by atoms with E-state index in [-0.39, 0.29) is 16.3 Å². The van der Waals surface area contributed by atoms with Crippen molar-refractivity contribution in [2.24, 2.45) is 0 Å². The first-order valence-corrected chi connectivity index (χ1v) is 9.65. The second kappa shape index (κ2) is 9.58. The molecule has 1 atom stereocenters. The summed E-state index contributed by atoms with van der Waals surface area (Å²) in [5.41, 5.74) is -0.0175. The van der Waals surface area contributed by atoms with E-state index >= 15 is 0 Å². The zero-order valence-electron chi connectivity index (χ0n) is 15.9. The lowest BCUT2D eigenvalue weighted by Gasteiger charge is -2.15. The summed E-state index contributed by atoms with van der Waals surface area (Å²) in [7, 11) is 1.51. The fourth-order valence-electron chi connectivity index (χ4n) is 3.23. The standard InChI is InChI=1S/C20H22ClN3O5/c1-28-19-12-15(5-7-18(19)29-10-8-14-3-2-9-22-14)23-20(25)16-11-13(21)4-6-17(16)24(26)27/h4-7,11-12,14,22H,2-3,8-10H2,1H3,(H,23,25). The molecule has 1 aliphatic rings. The number of hydrogen-bond acceptors (Lipinski definition) is 6. The van der Waals surface area contributed by atoms with Crippen molar-refractivity contribution in [1.82, 2.24) is 5.32 Å². The molecule has 1 unspecified atom stereocenters. The normalized spacial score (nSPS) is 15.7. The maximum Gasteiger partial charge on any atom is 0.282 e. The van der Waals surface area contributed by atoms with Crippen molar-refractivity contribution in [3.8, 4) is 11.5 Å². The number of nitro groups is 1. The Kier molecular flexibility index (Phi) is 6.90. The summed E-state index contributed by atoms with van der Waals surface area (Å²) in [5, 5.41) is 17.5. The molecule has 1 saturated heterocycles. The number of nitrogens with one attached hydrogen (secondary N) is 2. The van der Waals surface area contributed by atoms with Crippen molar-refractivity contribution < 1.29 is 19.2 Å². The van der Waals surface area contributed by atoms with Crippen molar-refractivity contribution in [1.29, 1.82) is 0 Å². The summed E-state index contributed by atoms with van der Waals surface area (Å²) >= 11 is 5.89. The number of ether oxygens (including phenoxy) is 2. The van der Waals surface area contributed by atoms with Gasteiger partial charge in [0, 0.05) is 28.9 Å². The van der Waals surface area contributed by atoms with Crippen molar-refractivity contribution in [3.05, 3.63) is 57.1 Å². The molecule has 2 aromatic carbocycles. The van der Waals surface area contributed by atoms with Crippen LogP contribution in [0, 0.1) is 10.1 Å². The topological polar surface area (TPSA) is 103 Å². The maximum absolute atomic E-state index is 12.5. The minimum absolute atomic E-state index is 0.120. The average Bonchev–Trinajstić information content (AvgIpc) is 3.22. The van der Waals surface area contributed by atoms with Gasteiger partial charge in [0.1, 0.15) is 5.56 Å². The number of rotatable bonds is 8. The van der Waals surface area contributed by atoms with Gasteiger partial charge in [-0.3, -0.25) is 14.9 Å². The Hall–Kier alpha value is -2.84. The number of hydrogen-bond donors (Lipinski definition) is 2. The molecule has 1 fully saturated rings. The van der Waals surface area contributed by atoms with Gasteiger partial charge in [0.05, 0.1) is 18.6 Å². The van der Waals surface area contributed by atoms with E-state index in [0.717, 1.165) is 19.4 Å². The molecule has 1 aliphatic heterocycles. The monoisotopic (exact) mass is 419 g/mol. The molecule has 1 heterocycles. The molecule has 8 nitrogen and oxygen atoms in total. The summed E-state index contributed by atoms with van der Waals surface area (Å²) in [6.07, 6.45) is 3.24. The van der Waals surface area contributed by atoms with Crippen LogP contribution in [-0.4, -0.2) is 37.1 Å². The van der Waals surface area contributed by atoms with E-state index in [1.165, 1.54) is 31.7 Å². The van der Waals surface area contributed by atoms with Crippen LogP contribution in [0.25, 0.3) is 0 Å². The Balaban J connectivity index is 1.69. The fourth-order valence-corrected chi connectivity index (χ4v) is 3.40. The van der Waals surface area contributed by atoms with Crippen LogP contribution in [0.2, 0.25) is 5.02 Å². The van der Waals surface area contributed by atoms with Gasteiger partial charge >= 0.3 is 0 Å². The van der Waals surface area contributed by atoms with Crippen LogP contribution in [0.1, 0.15) is 29.6 Å². The SMILES string of the molecule is COc1cc(NC(=O)c2cc(Cl)ccc2[N+](=O)[O-])ccc1OCCC1CCCN1. The highest BCUT2D eigenvalue weighted by molar-refractivity contribution is 6.31. The molecule has 0 spiro atoms. The van der Waals surface area contributed by atoms with E-state index < -0.39 is 10.8 Å². The lowest BCUT2D eigenvalue weighted by molar-refractivity contribution is -0.385. The van der Waals surface area contributed by atoms with Crippen LogP contribution < -0.4 is 20.1 Å². The third kappa shape index (κ3) is 5.36. The van der Waals surface area contributed by atoms with Crippen LogP contribution >= 0.6 is 11.6 Å². The summed E-state index contributed by atoms with van der Waals surface area (Å²) < 4.78 is 11.2. The Morgan fingerprint density at radius 3 is 2.83 bits per heavy atom. The summed E-state index contributed by atoms with van der Waals surface area (Å²) in [6.45, 7) is 1.60. The molecule has 29 heavy (non-hydrogen) atoms. The molecule has 2 N–H and O–H groups in total. The van der Waals surface area contributed by atoms with Crippen molar-refractivity contribution >= 4 is 28.9 Å². The van der Waals surface area contributed by atoms with Crippen LogP contribution in [0.4, 0.5) is 11.4 Å². The fraction of sp³-hybridized carbons (Fsp3) is 0.350. The number of halogens is 1. The number of carbonyl (C=O) groups is 1. The molecule has 1 amide bonds. The second-order valence-corrected chi connectivity index (χ2v) is 7.11. The number of nitro benzene ring substituents is 1.